The summed E-state index contributed by atoms with van der Waals surface area (Å²) in [6, 6.07) is 6.54. The smallest absolute Gasteiger partial charge is 0.277 e. The van der Waals surface area contributed by atoms with Crippen molar-refractivity contribution in [3.63, 3.8) is 0 Å². The second kappa shape index (κ2) is 6.84. The molecular weight excluding hydrogens is 362 g/mol. The van der Waals surface area contributed by atoms with Gasteiger partial charge in [0, 0.05) is 24.6 Å². The molecule has 1 aromatic carbocycles. The Morgan fingerprint density at radius 3 is 2.79 bits per heavy atom. The van der Waals surface area contributed by atoms with E-state index in [0.717, 1.165) is 19.1 Å². The van der Waals surface area contributed by atoms with E-state index in [0.29, 0.717) is 39.5 Å². The predicted octanol–water partition coefficient (Wildman–Crippen LogP) is 2.17. The number of benzene rings is 1. The van der Waals surface area contributed by atoms with Gasteiger partial charge in [-0.05, 0) is 31.0 Å². The Balaban J connectivity index is 1.79. The number of carbonyl (C=O) groups excluding carboxylic acids is 2. The first-order valence-electron chi connectivity index (χ1n) is 8.81. The van der Waals surface area contributed by atoms with Gasteiger partial charge in [0.2, 0.25) is 5.91 Å². The summed E-state index contributed by atoms with van der Waals surface area (Å²) in [5.41, 5.74) is 1.61. The lowest BCUT2D eigenvalue weighted by Crippen LogP contribution is -2.15. The minimum atomic E-state index is -0.256. The highest BCUT2D eigenvalue weighted by atomic mass is 16.5. The van der Waals surface area contributed by atoms with Crippen LogP contribution in [0.25, 0.3) is 11.0 Å². The SMILES string of the molecule is COc1cc(C=O)ccc1Nc1cc(NC(=O)C2CC2)nc2[nH]n(C)c(=O)c12. The highest BCUT2D eigenvalue weighted by molar-refractivity contribution is 5.98. The molecule has 2 aromatic heterocycles. The van der Waals surface area contributed by atoms with E-state index in [9.17, 15) is 14.4 Å². The first kappa shape index (κ1) is 17.8. The van der Waals surface area contributed by atoms with Gasteiger partial charge in [0.25, 0.3) is 5.56 Å². The molecule has 9 nitrogen and oxygen atoms in total. The van der Waals surface area contributed by atoms with E-state index in [2.05, 4.69) is 20.7 Å². The van der Waals surface area contributed by atoms with Crippen LogP contribution in [0.1, 0.15) is 23.2 Å². The van der Waals surface area contributed by atoms with Crippen molar-refractivity contribution < 1.29 is 14.3 Å². The monoisotopic (exact) mass is 381 g/mol. The normalized spacial score (nSPS) is 13.4. The highest BCUT2D eigenvalue weighted by Gasteiger charge is 2.30. The number of nitrogens with one attached hydrogen (secondary N) is 3. The van der Waals surface area contributed by atoms with E-state index in [-0.39, 0.29) is 17.4 Å². The summed E-state index contributed by atoms with van der Waals surface area (Å²) in [7, 11) is 3.09. The molecule has 0 unspecified atom stereocenters. The van der Waals surface area contributed by atoms with Crippen molar-refractivity contribution >= 4 is 40.4 Å². The molecule has 3 aromatic rings. The number of aromatic nitrogens is 3. The summed E-state index contributed by atoms with van der Waals surface area (Å²) >= 11 is 0. The molecule has 3 N–H and O–H groups in total. The molecule has 1 aliphatic rings. The summed E-state index contributed by atoms with van der Waals surface area (Å²) in [4.78, 5) is 40.0. The van der Waals surface area contributed by atoms with Crippen molar-refractivity contribution in [1.29, 1.82) is 0 Å². The van der Waals surface area contributed by atoms with Crippen LogP contribution in [0.4, 0.5) is 17.2 Å². The average Bonchev–Trinajstić information content (AvgIpc) is 3.49. The quantitative estimate of drug-likeness (QED) is 0.563. The number of pyridine rings is 1. The number of amides is 1. The minimum Gasteiger partial charge on any atom is -0.495 e. The van der Waals surface area contributed by atoms with Crippen LogP contribution in [0, 0.1) is 5.92 Å². The maximum atomic E-state index is 12.5. The van der Waals surface area contributed by atoms with Crippen LogP contribution >= 0.6 is 0 Å². The largest absolute Gasteiger partial charge is 0.495 e. The molecule has 0 radical (unpaired) electrons. The van der Waals surface area contributed by atoms with Crippen molar-refractivity contribution in [2.45, 2.75) is 12.8 Å². The predicted molar refractivity (Wildman–Crippen MR) is 104 cm³/mol. The molecule has 4 rings (SSSR count). The number of ether oxygens (including phenoxy) is 1. The van der Waals surface area contributed by atoms with Gasteiger partial charge in [-0.3, -0.25) is 24.2 Å². The van der Waals surface area contributed by atoms with Gasteiger partial charge in [0.05, 0.1) is 18.5 Å². The minimum absolute atomic E-state index is 0.0275. The lowest BCUT2D eigenvalue weighted by atomic mass is 10.2. The fourth-order valence-electron chi connectivity index (χ4n) is 2.99. The van der Waals surface area contributed by atoms with Gasteiger partial charge in [-0.1, -0.05) is 0 Å². The number of carbonyl (C=O) groups is 2. The van der Waals surface area contributed by atoms with Crippen LogP contribution in [0.15, 0.2) is 29.1 Å². The lowest BCUT2D eigenvalue weighted by Gasteiger charge is -2.13. The molecule has 144 valence electrons. The molecule has 28 heavy (non-hydrogen) atoms. The van der Waals surface area contributed by atoms with E-state index < -0.39 is 0 Å². The molecule has 0 aliphatic heterocycles. The lowest BCUT2D eigenvalue weighted by molar-refractivity contribution is -0.117. The van der Waals surface area contributed by atoms with Crippen LogP contribution in [-0.2, 0) is 11.8 Å². The number of nitrogens with zero attached hydrogens (tertiary/aromatic N) is 2. The third-order valence-corrected chi connectivity index (χ3v) is 4.64. The Hall–Kier alpha value is -3.62. The molecule has 1 amide bonds. The Bertz CT molecular complexity index is 1140. The molecular formula is C19H19N5O4. The molecule has 9 heteroatoms. The number of aldehydes is 1. The number of rotatable bonds is 6. The molecule has 0 atom stereocenters. The standard InChI is InChI=1S/C19H19N5O4/c1-24-19(27)16-13(20-12-6-3-10(9-25)7-14(12)28-2)8-15(21-17(16)23-24)22-18(26)11-4-5-11/h3,6-9,11H,4-5H2,1-2H3,(H3,20,21,22,23,26). The van der Waals surface area contributed by atoms with Crippen molar-refractivity contribution in [2.75, 3.05) is 17.7 Å². The first-order chi connectivity index (χ1) is 13.5. The third kappa shape index (κ3) is 3.22. The molecule has 1 aliphatic carbocycles. The number of H-pyrrole nitrogens is 1. The van der Waals surface area contributed by atoms with Crippen molar-refractivity contribution in [2.24, 2.45) is 13.0 Å². The number of anilines is 3. The average molecular weight is 381 g/mol. The second-order valence-corrected chi connectivity index (χ2v) is 6.72. The van der Waals surface area contributed by atoms with Gasteiger partial charge in [0.1, 0.15) is 23.2 Å². The van der Waals surface area contributed by atoms with Crippen molar-refractivity contribution in [3.8, 4) is 5.75 Å². The van der Waals surface area contributed by atoms with Crippen LogP contribution in [0.3, 0.4) is 0 Å². The number of hydrogen-bond donors (Lipinski definition) is 3. The number of hydrogen-bond acceptors (Lipinski definition) is 6. The third-order valence-electron chi connectivity index (χ3n) is 4.64. The van der Waals surface area contributed by atoms with Gasteiger partial charge in [0.15, 0.2) is 5.65 Å². The fourth-order valence-corrected chi connectivity index (χ4v) is 2.99. The van der Waals surface area contributed by atoms with Crippen molar-refractivity contribution in [1.82, 2.24) is 14.8 Å². The fraction of sp³-hybridized carbons (Fsp3) is 0.263. The molecule has 0 spiro atoms. The number of methoxy groups -OCH3 is 1. The van der Waals surface area contributed by atoms with E-state index in [4.69, 9.17) is 4.74 Å². The molecule has 1 fully saturated rings. The molecule has 0 bridgehead atoms. The van der Waals surface area contributed by atoms with Crippen LogP contribution < -0.4 is 20.9 Å². The Morgan fingerprint density at radius 2 is 2.11 bits per heavy atom. The molecule has 2 heterocycles. The second-order valence-electron chi connectivity index (χ2n) is 6.72. The van der Waals surface area contributed by atoms with Gasteiger partial charge in [-0.2, -0.15) is 0 Å². The summed E-state index contributed by atoms with van der Waals surface area (Å²) in [6.45, 7) is 0. The molecule has 0 saturated heterocycles. The summed E-state index contributed by atoms with van der Waals surface area (Å²) in [5.74, 6) is 0.742. The van der Waals surface area contributed by atoms with E-state index in [1.54, 1.807) is 31.3 Å². The number of fused-ring (bicyclic) bond motifs is 1. The van der Waals surface area contributed by atoms with E-state index in [1.165, 1.54) is 11.8 Å². The zero-order valence-electron chi connectivity index (χ0n) is 15.4. The van der Waals surface area contributed by atoms with Crippen LogP contribution in [-0.4, -0.2) is 34.1 Å². The maximum absolute atomic E-state index is 12.5. The maximum Gasteiger partial charge on any atom is 0.277 e. The Morgan fingerprint density at radius 1 is 1.32 bits per heavy atom. The van der Waals surface area contributed by atoms with Gasteiger partial charge in [-0.15, -0.1) is 0 Å². The van der Waals surface area contributed by atoms with E-state index in [1.807, 2.05) is 0 Å². The molecule has 1 saturated carbocycles. The zero-order chi connectivity index (χ0) is 19.8. The zero-order valence-corrected chi connectivity index (χ0v) is 15.4. The number of aryl methyl sites for hydroxylation is 1. The van der Waals surface area contributed by atoms with Gasteiger partial charge in [-0.25, -0.2) is 4.98 Å². The van der Waals surface area contributed by atoms with Gasteiger partial charge < -0.3 is 15.4 Å². The topological polar surface area (TPSA) is 118 Å². The summed E-state index contributed by atoms with van der Waals surface area (Å²) in [6.07, 6.45) is 2.48. The summed E-state index contributed by atoms with van der Waals surface area (Å²) in [5, 5.41) is 9.20. The summed E-state index contributed by atoms with van der Waals surface area (Å²) < 4.78 is 6.67. The van der Waals surface area contributed by atoms with Gasteiger partial charge >= 0.3 is 0 Å². The number of aromatic amines is 1. The van der Waals surface area contributed by atoms with E-state index >= 15 is 0 Å². The first-order valence-corrected chi connectivity index (χ1v) is 8.81. The Kier molecular flexibility index (Phi) is 4.34. The van der Waals surface area contributed by atoms with Crippen molar-refractivity contribution in [3.05, 3.63) is 40.2 Å². The highest BCUT2D eigenvalue weighted by Crippen LogP contribution is 2.33. The van der Waals surface area contributed by atoms with Crippen LogP contribution in [0.5, 0.6) is 5.75 Å². The van der Waals surface area contributed by atoms with Crippen LogP contribution in [0.2, 0.25) is 0 Å². The Labute approximate surface area is 159 Å².